The second-order valence-corrected chi connectivity index (χ2v) is 6.25. The van der Waals surface area contributed by atoms with Crippen LogP contribution in [0.5, 0.6) is 0 Å². The van der Waals surface area contributed by atoms with Crippen LogP contribution in [0.4, 0.5) is 5.69 Å². The lowest BCUT2D eigenvalue weighted by Crippen LogP contribution is -2.29. The Bertz CT molecular complexity index is 692. The van der Waals surface area contributed by atoms with E-state index < -0.39 is 12.1 Å². The second kappa shape index (κ2) is 6.70. The lowest BCUT2D eigenvalue weighted by atomic mass is 10.2. The largest absolute Gasteiger partial charge is 0.448 e. The molecule has 1 aromatic heterocycles. The van der Waals surface area contributed by atoms with E-state index in [0.717, 1.165) is 10.6 Å². The van der Waals surface area contributed by atoms with Crippen LogP contribution in [0, 0.1) is 20.8 Å². The lowest BCUT2D eigenvalue weighted by Gasteiger charge is -2.13. The number of carbonyl (C=O) groups excluding carboxylic acids is 2. The van der Waals surface area contributed by atoms with Crippen LogP contribution in [0.2, 0.25) is 0 Å². The van der Waals surface area contributed by atoms with Crippen molar-refractivity contribution in [1.29, 1.82) is 0 Å². The van der Waals surface area contributed by atoms with E-state index in [1.165, 1.54) is 11.3 Å². The normalized spacial score (nSPS) is 11.8. The minimum Gasteiger partial charge on any atom is -0.448 e. The summed E-state index contributed by atoms with van der Waals surface area (Å²) in [5, 5.41) is 3.51. The molecule has 2 aromatic rings. The summed E-state index contributed by atoms with van der Waals surface area (Å²) in [5.41, 5.74) is 2.40. The minimum atomic E-state index is -0.879. The number of thiazole rings is 1. The molecule has 2 rings (SSSR count). The molecular formula is C16H18N2O3S. The van der Waals surface area contributed by atoms with Gasteiger partial charge in [0.15, 0.2) is 6.10 Å². The average Bonchev–Trinajstić information content (AvgIpc) is 2.80. The Morgan fingerprint density at radius 1 is 1.18 bits per heavy atom. The molecule has 0 saturated carbocycles. The van der Waals surface area contributed by atoms with Crippen molar-refractivity contribution in [2.75, 3.05) is 5.32 Å². The maximum Gasteiger partial charge on any atom is 0.351 e. The van der Waals surface area contributed by atoms with Gasteiger partial charge in [0.25, 0.3) is 5.91 Å². The standard InChI is InChI=1S/C16H18N2O3S/c1-9-5-7-13(8-6-9)18-15(19)11(3)21-16(20)14-10(2)17-12(4)22-14/h5-8,11H,1-4H3,(H,18,19). The van der Waals surface area contributed by atoms with Crippen LogP contribution in [-0.4, -0.2) is 23.0 Å². The van der Waals surface area contributed by atoms with E-state index >= 15 is 0 Å². The molecule has 1 amide bonds. The fourth-order valence-electron chi connectivity index (χ4n) is 1.87. The molecule has 5 nitrogen and oxygen atoms in total. The zero-order valence-corrected chi connectivity index (χ0v) is 13.8. The van der Waals surface area contributed by atoms with Gasteiger partial charge in [0.1, 0.15) is 4.88 Å². The van der Waals surface area contributed by atoms with Gasteiger partial charge in [0, 0.05) is 5.69 Å². The molecule has 0 bridgehead atoms. The topological polar surface area (TPSA) is 68.3 Å². The van der Waals surface area contributed by atoms with Crippen molar-refractivity contribution in [2.24, 2.45) is 0 Å². The molecule has 1 heterocycles. The molecule has 0 aliphatic heterocycles. The van der Waals surface area contributed by atoms with Gasteiger partial charge in [-0.05, 0) is 39.8 Å². The van der Waals surface area contributed by atoms with E-state index in [1.807, 2.05) is 26.0 Å². The maximum atomic E-state index is 12.1. The Morgan fingerprint density at radius 2 is 1.82 bits per heavy atom. The first-order valence-electron chi connectivity index (χ1n) is 6.89. The van der Waals surface area contributed by atoms with E-state index in [1.54, 1.807) is 26.0 Å². The first kappa shape index (κ1) is 16.2. The molecule has 6 heteroatoms. The molecule has 0 spiro atoms. The number of nitrogens with one attached hydrogen (secondary N) is 1. The Kier molecular flexibility index (Phi) is 4.92. The van der Waals surface area contributed by atoms with E-state index in [-0.39, 0.29) is 5.91 Å². The Balaban J connectivity index is 1.97. The van der Waals surface area contributed by atoms with Crippen LogP contribution in [0.15, 0.2) is 24.3 Å². The Morgan fingerprint density at radius 3 is 2.36 bits per heavy atom. The first-order valence-corrected chi connectivity index (χ1v) is 7.71. The molecule has 0 fully saturated rings. The quantitative estimate of drug-likeness (QED) is 0.879. The van der Waals surface area contributed by atoms with Crippen molar-refractivity contribution in [3.8, 4) is 0 Å². The van der Waals surface area contributed by atoms with Crippen LogP contribution in [0.3, 0.4) is 0 Å². The number of hydrogen-bond donors (Lipinski definition) is 1. The molecule has 1 unspecified atom stereocenters. The third-order valence-corrected chi connectivity index (χ3v) is 4.11. The molecule has 0 saturated heterocycles. The summed E-state index contributed by atoms with van der Waals surface area (Å²) >= 11 is 1.26. The molecule has 0 aliphatic rings. The summed E-state index contributed by atoms with van der Waals surface area (Å²) in [4.78, 5) is 28.7. The maximum absolute atomic E-state index is 12.1. The Labute approximate surface area is 133 Å². The second-order valence-electron chi connectivity index (χ2n) is 5.05. The first-order chi connectivity index (χ1) is 10.4. The zero-order valence-electron chi connectivity index (χ0n) is 13.0. The number of aromatic nitrogens is 1. The third-order valence-electron chi connectivity index (χ3n) is 3.06. The zero-order chi connectivity index (χ0) is 16.3. The SMILES string of the molecule is Cc1ccc(NC(=O)C(C)OC(=O)c2sc(C)nc2C)cc1. The molecule has 1 aromatic carbocycles. The van der Waals surface area contributed by atoms with Gasteiger partial charge < -0.3 is 10.1 Å². The summed E-state index contributed by atoms with van der Waals surface area (Å²) in [6.45, 7) is 7.08. The minimum absolute atomic E-state index is 0.365. The van der Waals surface area contributed by atoms with Crippen LogP contribution >= 0.6 is 11.3 Å². The number of ether oxygens (including phenoxy) is 1. The van der Waals surface area contributed by atoms with E-state index in [0.29, 0.717) is 16.3 Å². The van der Waals surface area contributed by atoms with Gasteiger partial charge in [-0.3, -0.25) is 4.79 Å². The van der Waals surface area contributed by atoms with Crippen LogP contribution in [-0.2, 0) is 9.53 Å². The molecular weight excluding hydrogens is 300 g/mol. The smallest absolute Gasteiger partial charge is 0.351 e. The van der Waals surface area contributed by atoms with Crippen molar-refractivity contribution >= 4 is 28.9 Å². The summed E-state index contributed by atoms with van der Waals surface area (Å²) in [5.74, 6) is -0.884. The summed E-state index contributed by atoms with van der Waals surface area (Å²) in [6.07, 6.45) is -0.879. The number of aryl methyl sites for hydroxylation is 3. The van der Waals surface area contributed by atoms with E-state index in [4.69, 9.17) is 4.74 Å². The van der Waals surface area contributed by atoms with Crippen molar-refractivity contribution in [3.05, 3.63) is 45.4 Å². The van der Waals surface area contributed by atoms with Gasteiger partial charge in [-0.2, -0.15) is 0 Å². The molecule has 1 atom stereocenters. The highest BCUT2D eigenvalue weighted by Crippen LogP contribution is 2.19. The van der Waals surface area contributed by atoms with E-state index in [9.17, 15) is 9.59 Å². The molecule has 1 N–H and O–H groups in total. The fourth-order valence-corrected chi connectivity index (χ4v) is 2.67. The van der Waals surface area contributed by atoms with Crippen LogP contribution < -0.4 is 5.32 Å². The average molecular weight is 318 g/mol. The predicted octanol–water partition coefficient (Wildman–Crippen LogP) is 3.25. The highest BCUT2D eigenvalue weighted by molar-refractivity contribution is 7.13. The number of nitrogens with zero attached hydrogens (tertiary/aromatic N) is 1. The van der Waals surface area contributed by atoms with Crippen molar-refractivity contribution < 1.29 is 14.3 Å². The number of amides is 1. The molecule has 116 valence electrons. The number of carbonyl (C=O) groups is 2. The van der Waals surface area contributed by atoms with Gasteiger partial charge in [-0.25, -0.2) is 9.78 Å². The van der Waals surface area contributed by atoms with Crippen molar-refractivity contribution in [2.45, 2.75) is 33.8 Å². The predicted molar refractivity (Wildman–Crippen MR) is 86.3 cm³/mol. The van der Waals surface area contributed by atoms with Gasteiger partial charge in [-0.1, -0.05) is 17.7 Å². The van der Waals surface area contributed by atoms with Gasteiger partial charge in [0.2, 0.25) is 0 Å². The van der Waals surface area contributed by atoms with E-state index in [2.05, 4.69) is 10.3 Å². The lowest BCUT2D eigenvalue weighted by molar-refractivity contribution is -0.123. The van der Waals surface area contributed by atoms with Gasteiger partial charge >= 0.3 is 5.97 Å². The Hall–Kier alpha value is -2.21. The van der Waals surface area contributed by atoms with Gasteiger partial charge in [0.05, 0.1) is 10.7 Å². The van der Waals surface area contributed by atoms with Crippen molar-refractivity contribution in [1.82, 2.24) is 4.98 Å². The van der Waals surface area contributed by atoms with Crippen LogP contribution in [0.25, 0.3) is 0 Å². The summed E-state index contributed by atoms with van der Waals surface area (Å²) < 4.78 is 5.21. The van der Waals surface area contributed by atoms with Crippen LogP contribution in [0.1, 0.15) is 32.9 Å². The number of benzene rings is 1. The third kappa shape index (κ3) is 3.92. The number of rotatable bonds is 4. The molecule has 22 heavy (non-hydrogen) atoms. The summed E-state index contributed by atoms with van der Waals surface area (Å²) in [6, 6.07) is 7.41. The number of hydrogen-bond acceptors (Lipinski definition) is 5. The van der Waals surface area contributed by atoms with Crippen molar-refractivity contribution in [3.63, 3.8) is 0 Å². The highest BCUT2D eigenvalue weighted by atomic mass is 32.1. The monoisotopic (exact) mass is 318 g/mol. The number of anilines is 1. The summed E-state index contributed by atoms with van der Waals surface area (Å²) in [7, 11) is 0. The fraction of sp³-hybridized carbons (Fsp3) is 0.312. The van der Waals surface area contributed by atoms with Gasteiger partial charge in [-0.15, -0.1) is 11.3 Å². The molecule has 0 aliphatic carbocycles. The molecule has 0 radical (unpaired) electrons. The highest BCUT2D eigenvalue weighted by Gasteiger charge is 2.22. The number of esters is 1.